The van der Waals surface area contributed by atoms with Crippen molar-refractivity contribution in [2.24, 2.45) is 0 Å². The molecule has 1 atom stereocenters. The van der Waals surface area contributed by atoms with E-state index in [9.17, 15) is 18.0 Å². The van der Waals surface area contributed by atoms with E-state index in [2.05, 4.69) is 10.6 Å². The predicted molar refractivity (Wildman–Crippen MR) is 139 cm³/mol. The Morgan fingerprint density at radius 2 is 1.60 bits per heavy atom. The van der Waals surface area contributed by atoms with Gasteiger partial charge in [0.1, 0.15) is 6.54 Å². The van der Waals surface area contributed by atoms with Crippen molar-refractivity contribution in [3.05, 3.63) is 88.9 Å². The summed E-state index contributed by atoms with van der Waals surface area (Å²) in [6.45, 7) is 5.20. The summed E-state index contributed by atoms with van der Waals surface area (Å²) in [5.41, 5.74) is 1.78. The molecule has 0 aliphatic rings. The average Bonchev–Trinajstić information content (AvgIpc) is 2.83. The van der Waals surface area contributed by atoms with E-state index in [4.69, 9.17) is 11.6 Å². The van der Waals surface area contributed by atoms with E-state index in [1.165, 1.54) is 24.3 Å². The number of anilines is 2. The van der Waals surface area contributed by atoms with Crippen molar-refractivity contribution in [2.75, 3.05) is 16.2 Å². The molecular formula is C26H28ClN3O4S. The molecule has 2 amide bonds. The number of para-hydroxylation sites is 1. The Bertz CT molecular complexity index is 1290. The molecule has 0 fully saturated rings. The van der Waals surface area contributed by atoms with Gasteiger partial charge >= 0.3 is 0 Å². The van der Waals surface area contributed by atoms with Crippen LogP contribution in [0.5, 0.6) is 0 Å². The van der Waals surface area contributed by atoms with Crippen LogP contribution in [0.2, 0.25) is 5.02 Å². The van der Waals surface area contributed by atoms with Crippen LogP contribution in [0, 0.1) is 6.92 Å². The van der Waals surface area contributed by atoms with Gasteiger partial charge in [-0.15, -0.1) is 0 Å². The molecule has 3 aromatic rings. The van der Waals surface area contributed by atoms with Gasteiger partial charge in [0, 0.05) is 11.1 Å². The number of carbonyl (C=O) groups excluding carboxylic acids is 2. The molecule has 0 radical (unpaired) electrons. The largest absolute Gasteiger partial charge is 0.350 e. The minimum atomic E-state index is -4.07. The molecule has 184 valence electrons. The molecule has 0 saturated heterocycles. The van der Waals surface area contributed by atoms with Crippen LogP contribution in [0.1, 0.15) is 36.2 Å². The normalized spacial score (nSPS) is 12.0. The lowest BCUT2D eigenvalue weighted by atomic mass is 10.1. The van der Waals surface area contributed by atoms with Crippen LogP contribution in [0.25, 0.3) is 0 Å². The Kier molecular flexibility index (Phi) is 8.53. The van der Waals surface area contributed by atoms with Crippen LogP contribution in [-0.2, 0) is 14.8 Å². The van der Waals surface area contributed by atoms with E-state index in [1.807, 2.05) is 20.8 Å². The number of nitrogens with one attached hydrogen (secondary N) is 2. The molecule has 0 bridgehead atoms. The number of benzene rings is 3. The van der Waals surface area contributed by atoms with Gasteiger partial charge in [-0.05, 0) is 68.8 Å². The van der Waals surface area contributed by atoms with Gasteiger partial charge in [-0.3, -0.25) is 13.9 Å². The number of halogens is 1. The average molecular weight is 514 g/mol. The molecule has 9 heteroatoms. The van der Waals surface area contributed by atoms with Crippen LogP contribution < -0.4 is 14.9 Å². The predicted octanol–water partition coefficient (Wildman–Crippen LogP) is 5.01. The van der Waals surface area contributed by atoms with Gasteiger partial charge in [-0.1, -0.05) is 48.4 Å². The zero-order valence-corrected chi connectivity index (χ0v) is 21.4. The number of rotatable bonds is 9. The number of amides is 2. The fourth-order valence-corrected chi connectivity index (χ4v) is 4.82. The molecular weight excluding hydrogens is 486 g/mol. The van der Waals surface area contributed by atoms with E-state index in [1.54, 1.807) is 48.5 Å². The Hall–Kier alpha value is -3.36. The van der Waals surface area contributed by atoms with Crippen LogP contribution in [-0.4, -0.2) is 32.8 Å². The smallest absolute Gasteiger partial charge is 0.264 e. The lowest BCUT2D eigenvalue weighted by Gasteiger charge is -2.24. The van der Waals surface area contributed by atoms with Crippen LogP contribution in [0.4, 0.5) is 11.4 Å². The SMILES string of the molecule is CC[C@H](C)NC(=O)c1ccccc1NC(=O)CN(c1ccc(Cl)cc1)S(=O)(=O)c1ccc(C)cc1. The Morgan fingerprint density at radius 3 is 2.23 bits per heavy atom. The summed E-state index contributed by atoms with van der Waals surface area (Å²) in [6, 6.07) is 19.1. The number of nitrogens with zero attached hydrogens (tertiary/aromatic N) is 1. The summed E-state index contributed by atoms with van der Waals surface area (Å²) in [5.74, 6) is -0.920. The second-order valence-electron chi connectivity index (χ2n) is 8.18. The maximum Gasteiger partial charge on any atom is 0.264 e. The van der Waals surface area contributed by atoms with E-state index in [0.717, 1.165) is 16.3 Å². The number of hydrogen-bond acceptors (Lipinski definition) is 4. The Balaban J connectivity index is 1.90. The fraction of sp³-hybridized carbons (Fsp3) is 0.231. The zero-order chi connectivity index (χ0) is 25.6. The molecule has 3 rings (SSSR count). The molecule has 0 aliphatic carbocycles. The minimum Gasteiger partial charge on any atom is -0.350 e. The first-order valence-corrected chi connectivity index (χ1v) is 13.0. The van der Waals surface area contributed by atoms with Crippen molar-refractivity contribution in [3.8, 4) is 0 Å². The highest BCUT2D eigenvalue weighted by Crippen LogP contribution is 2.26. The third kappa shape index (κ3) is 6.61. The third-order valence-corrected chi connectivity index (χ3v) is 7.49. The summed E-state index contributed by atoms with van der Waals surface area (Å²) in [6.07, 6.45) is 0.757. The van der Waals surface area contributed by atoms with Crippen molar-refractivity contribution in [2.45, 2.75) is 38.1 Å². The molecule has 0 saturated carbocycles. The van der Waals surface area contributed by atoms with Crippen molar-refractivity contribution in [1.82, 2.24) is 5.32 Å². The zero-order valence-electron chi connectivity index (χ0n) is 19.8. The second-order valence-corrected chi connectivity index (χ2v) is 10.5. The van der Waals surface area contributed by atoms with E-state index in [0.29, 0.717) is 16.3 Å². The highest BCUT2D eigenvalue weighted by molar-refractivity contribution is 7.92. The summed E-state index contributed by atoms with van der Waals surface area (Å²) >= 11 is 5.99. The Labute approximate surface area is 211 Å². The summed E-state index contributed by atoms with van der Waals surface area (Å²) < 4.78 is 28.0. The number of sulfonamides is 1. The van der Waals surface area contributed by atoms with Gasteiger partial charge in [0.05, 0.1) is 21.8 Å². The van der Waals surface area contributed by atoms with Crippen LogP contribution in [0.15, 0.2) is 77.7 Å². The van der Waals surface area contributed by atoms with E-state index >= 15 is 0 Å². The summed E-state index contributed by atoms with van der Waals surface area (Å²) in [7, 11) is -4.07. The minimum absolute atomic E-state index is 0.0358. The van der Waals surface area contributed by atoms with E-state index in [-0.39, 0.29) is 22.5 Å². The van der Waals surface area contributed by atoms with Gasteiger partial charge in [-0.2, -0.15) is 0 Å². The fourth-order valence-electron chi connectivity index (χ4n) is 3.27. The highest BCUT2D eigenvalue weighted by atomic mass is 35.5. The quantitative estimate of drug-likeness (QED) is 0.420. The molecule has 0 aromatic heterocycles. The first kappa shape index (κ1) is 26.2. The summed E-state index contributed by atoms with van der Waals surface area (Å²) in [4.78, 5) is 25.8. The van der Waals surface area contributed by atoms with Gasteiger partial charge in [0.25, 0.3) is 15.9 Å². The second kappa shape index (κ2) is 11.4. The molecule has 0 aliphatic heterocycles. The van der Waals surface area contributed by atoms with Crippen molar-refractivity contribution in [1.29, 1.82) is 0 Å². The van der Waals surface area contributed by atoms with Crippen LogP contribution >= 0.6 is 11.6 Å². The van der Waals surface area contributed by atoms with Crippen molar-refractivity contribution >= 4 is 44.8 Å². The number of hydrogen-bond donors (Lipinski definition) is 2. The Morgan fingerprint density at radius 1 is 0.971 bits per heavy atom. The maximum absolute atomic E-state index is 13.5. The lowest BCUT2D eigenvalue weighted by molar-refractivity contribution is -0.114. The first-order valence-electron chi connectivity index (χ1n) is 11.2. The van der Waals surface area contributed by atoms with Gasteiger partial charge in [-0.25, -0.2) is 8.42 Å². The van der Waals surface area contributed by atoms with Gasteiger partial charge in [0.15, 0.2) is 0 Å². The standard InChI is InChI=1S/C26H28ClN3O4S/c1-4-19(3)28-26(32)23-7-5-6-8-24(23)29-25(31)17-30(21-13-11-20(27)12-14-21)35(33,34)22-15-9-18(2)10-16-22/h5-16,19H,4,17H2,1-3H3,(H,28,32)(H,29,31)/t19-/m0/s1. The van der Waals surface area contributed by atoms with Crippen molar-refractivity contribution < 1.29 is 18.0 Å². The van der Waals surface area contributed by atoms with Crippen LogP contribution in [0.3, 0.4) is 0 Å². The first-order chi connectivity index (χ1) is 16.6. The molecule has 0 spiro atoms. The maximum atomic E-state index is 13.5. The highest BCUT2D eigenvalue weighted by Gasteiger charge is 2.27. The molecule has 2 N–H and O–H groups in total. The summed E-state index contributed by atoms with van der Waals surface area (Å²) in [5, 5.41) is 6.00. The van der Waals surface area contributed by atoms with Crippen molar-refractivity contribution in [3.63, 3.8) is 0 Å². The third-order valence-electron chi connectivity index (χ3n) is 5.45. The molecule has 0 unspecified atom stereocenters. The molecule has 0 heterocycles. The lowest BCUT2D eigenvalue weighted by Crippen LogP contribution is -2.38. The monoisotopic (exact) mass is 513 g/mol. The molecule has 3 aromatic carbocycles. The number of aryl methyl sites for hydroxylation is 1. The van der Waals surface area contributed by atoms with Gasteiger partial charge < -0.3 is 10.6 Å². The topological polar surface area (TPSA) is 95.6 Å². The molecule has 7 nitrogen and oxygen atoms in total. The number of carbonyl (C=O) groups is 2. The van der Waals surface area contributed by atoms with Gasteiger partial charge in [0.2, 0.25) is 5.91 Å². The van der Waals surface area contributed by atoms with E-state index < -0.39 is 22.5 Å². The molecule has 35 heavy (non-hydrogen) atoms.